The van der Waals surface area contributed by atoms with Gasteiger partial charge in [0.05, 0.1) is 17.5 Å². The molecule has 1 saturated carbocycles. The lowest BCUT2D eigenvalue weighted by molar-refractivity contribution is 0.0945. The van der Waals surface area contributed by atoms with Gasteiger partial charge in [-0.05, 0) is 43.0 Å². The predicted octanol–water partition coefficient (Wildman–Crippen LogP) is 1.45. The molecule has 1 atom stereocenters. The molecule has 2 aromatic heterocycles. The third-order valence-corrected chi connectivity index (χ3v) is 6.50. The van der Waals surface area contributed by atoms with E-state index >= 15 is 0 Å². The van der Waals surface area contributed by atoms with Crippen molar-refractivity contribution in [3.05, 3.63) is 47.5 Å². The molecule has 1 aliphatic heterocycles. The average molecular weight is 360 g/mol. The molecule has 3 heterocycles. The Hall–Kier alpha value is -2.22. The molecule has 7 nitrogen and oxygen atoms in total. The number of carbonyl (C=O) groups excluding carboxylic acids is 1. The molecule has 1 saturated heterocycles. The highest BCUT2D eigenvalue weighted by molar-refractivity contribution is 7.91. The fraction of sp³-hybridized carbons (Fsp3) is 0.471. The minimum atomic E-state index is -2.99. The average Bonchev–Trinajstić information content (AvgIpc) is 3.25. The third kappa shape index (κ3) is 3.58. The van der Waals surface area contributed by atoms with Crippen LogP contribution in [0.5, 0.6) is 0 Å². The van der Waals surface area contributed by atoms with Crippen LogP contribution >= 0.6 is 0 Å². The van der Waals surface area contributed by atoms with Crippen molar-refractivity contribution in [2.45, 2.75) is 37.8 Å². The Morgan fingerprint density at radius 1 is 1.24 bits per heavy atom. The zero-order valence-electron chi connectivity index (χ0n) is 13.8. The van der Waals surface area contributed by atoms with Gasteiger partial charge in [-0.2, -0.15) is 5.10 Å². The first-order chi connectivity index (χ1) is 12.0. The largest absolute Gasteiger partial charge is 0.347 e. The van der Waals surface area contributed by atoms with Gasteiger partial charge in [-0.25, -0.2) is 8.42 Å². The van der Waals surface area contributed by atoms with E-state index in [1.54, 1.807) is 17.1 Å². The first kappa shape index (κ1) is 16.3. The molecule has 2 aromatic rings. The van der Waals surface area contributed by atoms with Crippen LogP contribution in [0.2, 0.25) is 0 Å². The minimum Gasteiger partial charge on any atom is -0.347 e. The summed E-state index contributed by atoms with van der Waals surface area (Å²) in [5.41, 5.74) is 2.32. The molecule has 0 aromatic carbocycles. The van der Waals surface area contributed by atoms with Gasteiger partial charge in [0.1, 0.15) is 5.69 Å². The molecule has 25 heavy (non-hydrogen) atoms. The van der Waals surface area contributed by atoms with Crippen molar-refractivity contribution < 1.29 is 13.2 Å². The van der Waals surface area contributed by atoms with Crippen LogP contribution in [-0.2, 0) is 16.4 Å². The second-order valence-electron chi connectivity index (χ2n) is 6.77. The van der Waals surface area contributed by atoms with Gasteiger partial charge in [0.25, 0.3) is 5.91 Å². The zero-order chi connectivity index (χ0) is 17.4. The monoisotopic (exact) mass is 360 g/mol. The number of rotatable bonds is 5. The summed E-state index contributed by atoms with van der Waals surface area (Å²) in [7, 11) is -2.99. The number of hydrogen-bond acceptors (Lipinski definition) is 5. The van der Waals surface area contributed by atoms with Crippen LogP contribution in [0, 0.1) is 0 Å². The molecular weight excluding hydrogens is 340 g/mol. The van der Waals surface area contributed by atoms with Crippen molar-refractivity contribution in [1.29, 1.82) is 0 Å². The summed E-state index contributed by atoms with van der Waals surface area (Å²) in [4.78, 5) is 16.4. The topological polar surface area (TPSA) is 94.0 Å². The molecule has 4 rings (SSSR count). The normalized spacial score (nSPS) is 22.0. The zero-order valence-corrected chi connectivity index (χ0v) is 14.6. The maximum Gasteiger partial charge on any atom is 0.272 e. The molecule has 2 aliphatic rings. The van der Waals surface area contributed by atoms with Gasteiger partial charge < -0.3 is 5.32 Å². The van der Waals surface area contributed by atoms with Gasteiger partial charge in [0.15, 0.2) is 9.84 Å². The van der Waals surface area contributed by atoms with Gasteiger partial charge in [-0.1, -0.05) is 0 Å². The minimum absolute atomic E-state index is 0.118. The number of sulfone groups is 1. The summed E-state index contributed by atoms with van der Waals surface area (Å²) >= 11 is 0. The van der Waals surface area contributed by atoms with E-state index in [4.69, 9.17) is 0 Å². The second kappa shape index (κ2) is 6.25. The number of amides is 1. The second-order valence-corrected chi connectivity index (χ2v) is 9.00. The van der Waals surface area contributed by atoms with Crippen LogP contribution in [0.25, 0.3) is 0 Å². The molecule has 2 fully saturated rings. The quantitative estimate of drug-likeness (QED) is 0.871. The van der Waals surface area contributed by atoms with E-state index in [1.165, 1.54) is 0 Å². The molecule has 0 bridgehead atoms. The number of nitrogens with zero attached hydrogens (tertiary/aromatic N) is 3. The summed E-state index contributed by atoms with van der Waals surface area (Å²) in [6.07, 6.45) is 6.08. The Labute approximate surface area is 146 Å². The van der Waals surface area contributed by atoms with E-state index in [9.17, 15) is 13.2 Å². The first-order valence-corrected chi connectivity index (χ1v) is 10.3. The summed E-state index contributed by atoms with van der Waals surface area (Å²) in [6, 6.07) is 5.36. The number of aromatic nitrogens is 3. The fourth-order valence-electron chi connectivity index (χ4n) is 3.24. The molecule has 1 amide bonds. The molecule has 1 aliphatic carbocycles. The summed E-state index contributed by atoms with van der Waals surface area (Å²) < 4.78 is 25.4. The molecule has 0 radical (unpaired) electrons. The number of nitrogens with one attached hydrogen (secondary N) is 1. The van der Waals surface area contributed by atoms with Crippen molar-refractivity contribution in [3.63, 3.8) is 0 Å². The smallest absolute Gasteiger partial charge is 0.272 e. The van der Waals surface area contributed by atoms with Crippen LogP contribution in [0.15, 0.2) is 30.6 Å². The highest BCUT2D eigenvalue weighted by Crippen LogP contribution is 2.42. The van der Waals surface area contributed by atoms with Crippen LogP contribution in [0.3, 0.4) is 0 Å². The van der Waals surface area contributed by atoms with E-state index in [0.717, 1.165) is 24.1 Å². The van der Waals surface area contributed by atoms with E-state index in [-0.39, 0.29) is 23.5 Å². The van der Waals surface area contributed by atoms with E-state index in [2.05, 4.69) is 15.4 Å². The van der Waals surface area contributed by atoms with Crippen molar-refractivity contribution in [3.8, 4) is 0 Å². The standard InChI is InChI=1S/C17H20N4O3S/c22-17(19-10-12-3-6-18-7-4-12)15-9-16(13-1-2-13)21(20-15)14-5-8-25(23,24)11-14/h3-4,6-7,9,13-14H,1-2,5,8,10-11H2,(H,19,22). The van der Waals surface area contributed by atoms with Crippen molar-refractivity contribution >= 4 is 15.7 Å². The van der Waals surface area contributed by atoms with E-state index in [0.29, 0.717) is 24.6 Å². The Morgan fingerprint density at radius 3 is 2.64 bits per heavy atom. The number of pyridine rings is 1. The number of carbonyl (C=O) groups is 1. The van der Waals surface area contributed by atoms with Crippen molar-refractivity contribution in [2.75, 3.05) is 11.5 Å². The Bertz CT molecular complexity index is 888. The maximum absolute atomic E-state index is 12.4. The maximum atomic E-state index is 12.4. The lowest BCUT2D eigenvalue weighted by Gasteiger charge is -2.12. The highest BCUT2D eigenvalue weighted by atomic mass is 32.2. The van der Waals surface area contributed by atoms with Crippen LogP contribution < -0.4 is 5.32 Å². The summed E-state index contributed by atoms with van der Waals surface area (Å²) in [5, 5.41) is 7.32. The molecule has 0 spiro atoms. The molecule has 8 heteroatoms. The van der Waals surface area contributed by atoms with Gasteiger partial charge in [0.2, 0.25) is 0 Å². The highest BCUT2D eigenvalue weighted by Gasteiger charge is 2.36. The first-order valence-electron chi connectivity index (χ1n) is 8.49. The predicted molar refractivity (Wildman–Crippen MR) is 91.9 cm³/mol. The lowest BCUT2D eigenvalue weighted by Crippen LogP contribution is -2.24. The number of hydrogen-bond donors (Lipinski definition) is 1. The molecule has 1 unspecified atom stereocenters. The third-order valence-electron chi connectivity index (χ3n) is 4.75. The van der Waals surface area contributed by atoms with Crippen LogP contribution in [-0.4, -0.2) is 40.6 Å². The van der Waals surface area contributed by atoms with Gasteiger partial charge >= 0.3 is 0 Å². The van der Waals surface area contributed by atoms with Crippen molar-refractivity contribution in [2.24, 2.45) is 0 Å². The van der Waals surface area contributed by atoms with Gasteiger partial charge in [0, 0.05) is 30.6 Å². The lowest BCUT2D eigenvalue weighted by atomic mass is 10.2. The van der Waals surface area contributed by atoms with Crippen LogP contribution in [0.1, 0.15) is 53.0 Å². The SMILES string of the molecule is O=C(NCc1ccncc1)c1cc(C2CC2)n(C2CCS(=O)(=O)C2)n1. The fourth-order valence-corrected chi connectivity index (χ4v) is 4.93. The summed E-state index contributed by atoms with van der Waals surface area (Å²) in [5.74, 6) is 0.480. The van der Waals surface area contributed by atoms with Crippen LogP contribution in [0.4, 0.5) is 0 Å². The summed E-state index contributed by atoms with van der Waals surface area (Å²) in [6.45, 7) is 0.408. The molecular formula is C17H20N4O3S. The Morgan fingerprint density at radius 2 is 2.00 bits per heavy atom. The van der Waals surface area contributed by atoms with Gasteiger partial charge in [-0.3, -0.25) is 14.5 Å². The van der Waals surface area contributed by atoms with Crippen molar-refractivity contribution in [1.82, 2.24) is 20.1 Å². The molecule has 1 N–H and O–H groups in total. The van der Waals surface area contributed by atoms with Gasteiger partial charge in [-0.15, -0.1) is 0 Å². The molecule has 132 valence electrons. The van der Waals surface area contributed by atoms with E-state index < -0.39 is 9.84 Å². The Kier molecular flexibility index (Phi) is 4.07. The Balaban J connectivity index is 1.52. The van der Waals surface area contributed by atoms with E-state index in [1.807, 2.05) is 18.2 Å².